The lowest BCUT2D eigenvalue weighted by atomic mass is 10.1. The van der Waals surface area contributed by atoms with Crippen LogP contribution in [0.15, 0.2) is 0 Å². The highest BCUT2D eigenvalue weighted by molar-refractivity contribution is 5.72. The molecule has 0 aliphatic rings. The van der Waals surface area contributed by atoms with Crippen LogP contribution in [0.3, 0.4) is 0 Å². The number of carbonyl (C=O) groups is 1. The topological polar surface area (TPSA) is 63.2 Å². The van der Waals surface area contributed by atoms with E-state index in [4.69, 9.17) is 23.7 Å². The van der Waals surface area contributed by atoms with Gasteiger partial charge < -0.3 is 23.7 Å². The number of carbonyl (C=O) groups excluding carboxylic acids is 1. The third-order valence-corrected chi connectivity index (χ3v) is 4.12. The Labute approximate surface area is 177 Å². The SMILES string of the molecule is CCCCCCC(C#CC(OCC)(OCC)C(OCC)OCC)OC(=O)C(C)C. The van der Waals surface area contributed by atoms with Crippen LogP contribution in [0.25, 0.3) is 0 Å². The minimum absolute atomic E-state index is 0.210. The van der Waals surface area contributed by atoms with Crippen LogP contribution < -0.4 is 0 Å². The molecule has 6 heteroatoms. The maximum Gasteiger partial charge on any atom is 0.309 e. The Bertz CT molecular complexity index is 467. The molecule has 0 amide bonds. The molecule has 0 radical (unpaired) electrons. The molecule has 6 nitrogen and oxygen atoms in total. The van der Waals surface area contributed by atoms with Gasteiger partial charge in [0.15, 0.2) is 6.10 Å². The Morgan fingerprint density at radius 3 is 1.90 bits per heavy atom. The van der Waals surface area contributed by atoms with Gasteiger partial charge in [-0.3, -0.25) is 4.79 Å². The highest BCUT2D eigenvalue weighted by atomic mass is 16.8. The van der Waals surface area contributed by atoms with E-state index in [0.29, 0.717) is 32.8 Å². The zero-order chi connectivity index (χ0) is 22.1. The summed E-state index contributed by atoms with van der Waals surface area (Å²) in [5.41, 5.74) is 0. The fourth-order valence-corrected chi connectivity index (χ4v) is 2.68. The molecule has 170 valence electrons. The molecule has 0 spiro atoms. The summed E-state index contributed by atoms with van der Waals surface area (Å²) in [6, 6.07) is 0. The first kappa shape index (κ1) is 27.9. The van der Waals surface area contributed by atoms with Crippen LogP contribution >= 0.6 is 0 Å². The van der Waals surface area contributed by atoms with Crippen LogP contribution in [0, 0.1) is 17.8 Å². The van der Waals surface area contributed by atoms with Crippen molar-refractivity contribution in [2.24, 2.45) is 5.92 Å². The predicted molar refractivity (Wildman–Crippen MR) is 114 cm³/mol. The normalized spacial score (nSPS) is 12.7. The first-order chi connectivity index (χ1) is 13.9. The molecule has 0 heterocycles. The first-order valence-corrected chi connectivity index (χ1v) is 11.1. The van der Waals surface area contributed by atoms with Crippen molar-refractivity contribution in [3.8, 4) is 11.8 Å². The fourth-order valence-electron chi connectivity index (χ4n) is 2.68. The molecule has 0 fully saturated rings. The second-order valence-corrected chi connectivity index (χ2v) is 6.98. The molecule has 1 atom stereocenters. The predicted octanol–water partition coefficient (Wildman–Crippen LogP) is 4.70. The third kappa shape index (κ3) is 11.0. The molecule has 0 N–H and O–H groups in total. The molecule has 29 heavy (non-hydrogen) atoms. The molecular formula is C23H42O6. The molecule has 0 aromatic heterocycles. The third-order valence-electron chi connectivity index (χ3n) is 4.12. The average molecular weight is 415 g/mol. The van der Waals surface area contributed by atoms with Gasteiger partial charge in [-0.2, -0.15) is 0 Å². The van der Waals surface area contributed by atoms with E-state index in [1.807, 2.05) is 41.5 Å². The Kier molecular flexibility index (Phi) is 16.0. The van der Waals surface area contributed by atoms with Crippen LogP contribution in [0.2, 0.25) is 0 Å². The van der Waals surface area contributed by atoms with Crippen LogP contribution in [0.5, 0.6) is 0 Å². The van der Waals surface area contributed by atoms with Crippen molar-refractivity contribution in [3.05, 3.63) is 0 Å². The summed E-state index contributed by atoms with van der Waals surface area (Å²) in [4.78, 5) is 12.2. The van der Waals surface area contributed by atoms with Gasteiger partial charge in [0.25, 0.3) is 5.79 Å². The highest BCUT2D eigenvalue weighted by Crippen LogP contribution is 2.23. The van der Waals surface area contributed by atoms with Crippen molar-refractivity contribution in [2.75, 3.05) is 26.4 Å². The van der Waals surface area contributed by atoms with E-state index >= 15 is 0 Å². The number of rotatable bonds is 16. The molecule has 0 aliphatic heterocycles. The van der Waals surface area contributed by atoms with Gasteiger partial charge >= 0.3 is 5.97 Å². The molecular weight excluding hydrogens is 372 g/mol. The van der Waals surface area contributed by atoms with Gasteiger partial charge in [-0.15, -0.1) is 0 Å². The van der Waals surface area contributed by atoms with Crippen molar-refractivity contribution < 1.29 is 28.5 Å². The average Bonchev–Trinajstić information content (AvgIpc) is 2.68. The Morgan fingerprint density at radius 2 is 1.45 bits per heavy atom. The Balaban J connectivity index is 5.72. The zero-order valence-corrected chi connectivity index (χ0v) is 19.5. The van der Waals surface area contributed by atoms with Crippen LogP contribution in [-0.2, 0) is 28.5 Å². The van der Waals surface area contributed by atoms with Crippen LogP contribution in [0.1, 0.15) is 80.6 Å². The summed E-state index contributed by atoms with van der Waals surface area (Å²) in [6.45, 7) is 14.9. The second-order valence-electron chi connectivity index (χ2n) is 6.98. The van der Waals surface area contributed by atoms with Crippen molar-refractivity contribution in [1.82, 2.24) is 0 Å². The largest absolute Gasteiger partial charge is 0.449 e. The summed E-state index contributed by atoms with van der Waals surface area (Å²) in [7, 11) is 0. The lowest BCUT2D eigenvalue weighted by Crippen LogP contribution is -2.49. The summed E-state index contributed by atoms with van der Waals surface area (Å²) < 4.78 is 28.9. The van der Waals surface area contributed by atoms with E-state index in [2.05, 4.69) is 18.8 Å². The van der Waals surface area contributed by atoms with E-state index < -0.39 is 18.2 Å². The molecule has 0 saturated heterocycles. The summed E-state index contributed by atoms with van der Waals surface area (Å²) in [5, 5.41) is 0. The molecule has 0 aromatic rings. The first-order valence-electron chi connectivity index (χ1n) is 11.1. The Hall–Kier alpha value is -1.13. The van der Waals surface area contributed by atoms with E-state index in [-0.39, 0.29) is 11.9 Å². The number of unbranched alkanes of at least 4 members (excludes halogenated alkanes) is 3. The van der Waals surface area contributed by atoms with Crippen LogP contribution in [0.4, 0.5) is 0 Å². The minimum Gasteiger partial charge on any atom is -0.449 e. The Morgan fingerprint density at radius 1 is 0.862 bits per heavy atom. The molecule has 0 aromatic carbocycles. The van der Waals surface area contributed by atoms with Crippen LogP contribution in [-0.4, -0.2) is 50.6 Å². The quantitative estimate of drug-likeness (QED) is 0.158. The molecule has 0 rings (SSSR count). The number of hydrogen-bond donors (Lipinski definition) is 0. The monoisotopic (exact) mass is 414 g/mol. The van der Waals surface area contributed by atoms with Gasteiger partial charge in [0.2, 0.25) is 6.29 Å². The van der Waals surface area contributed by atoms with E-state index in [1.165, 1.54) is 0 Å². The maximum atomic E-state index is 12.2. The van der Waals surface area contributed by atoms with E-state index in [0.717, 1.165) is 25.7 Å². The highest BCUT2D eigenvalue weighted by Gasteiger charge is 2.42. The standard InChI is InChI=1S/C23H42O6/c1-8-13-14-15-16-20(29-21(24)19(6)7)17-18-23(27-11-4,28-12-5)22(25-9-2)26-10-3/h19-20,22H,8-16H2,1-7H3. The van der Waals surface area contributed by atoms with Gasteiger partial charge in [-0.25, -0.2) is 0 Å². The second kappa shape index (κ2) is 16.6. The molecule has 0 saturated carbocycles. The zero-order valence-electron chi connectivity index (χ0n) is 19.5. The van der Waals surface area contributed by atoms with Gasteiger partial charge in [-0.1, -0.05) is 46.0 Å². The number of ether oxygens (including phenoxy) is 5. The summed E-state index contributed by atoms with van der Waals surface area (Å²) in [6.07, 6.45) is 3.66. The van der Waals surface area contributed by atoms with Gasteiger partial charge in [0.05, 0.1) is 5.92 Å². The smallest absolute Gasteiger partial charge is 0.309 e. The van der Waals surface area contributed by atoms with Crippen molar-refractivity contribution in [2.45, 2.75) is 98.8 Å². The fraction of sp³-hybridized carbons (Fsp3) is 0.870. The molecule has 1 unspecified atom stereocenters. The minimum atomic E-state index is -1.37. The van der Waals surface area contributed by atoms with Crippen molar-refractivity contribution >= 4 is 5.97 Å². The molecule has 0 aliphatic carbocycles. The molecule has 0 bridgehead atoms. The lowest BCUT2D eigenvalue weighted by molar-refractivity contribution is -0.321. The van der Waals surface area contributed by atoms with Gasteiger partial charge in [0.1, 0.15) is 0 Å². The summed E-state index contributed by atoms with van der Waals surface area (Å²) in [5.74, 6) is 4.31. The van der Waals surface area contributed by atoms with Gasteiger partial charge in [-0.05, 0) is 46.5 Å². The van der Waals surface area contributed by atoms with E-state index in [1.54, 1.807) is 0 Å². The summed E-state index contributed by atoms with van der Waals surface area (Å²) >= 11 is 0. The number of esters is 1. The van der Waals surface area contributed by atoms with Gasteiger partial charge in [0, 0.05) is 26.4 Å². The van der Waals surface area contributed by atoms with E-state index in [9.17, 15) is 4.79 Å². The lowest BCUT2D eigenvalue weighted by Gasteiger charge is -2.34. The maximum absolute atomic E-state index is 12.2. The number of hydrogen-bond acceptors (Lipinski definition) is 6. The van der Waals surface area contributed by atoms with Crippen molar-refractivity contribution in [3.63, 3.8) is 0 Å². The van der Waals surface area contributed by atoms with Crippen molar-refractivity contribution in [1.29, 1.82) is 0 Å².